The van der Waals surface area contributed by atoms with E-state index in [9.17, 15) is 4.79 Å². The van der Waals surface area contributed by atoms with Gasteiger partial charge in [0.05, 0.1) is 7.11 Å². The van der Waals surface area contributed by atoms with Gasteiger partial charge in [-0.05, 0) is 23.2 Å². The van der Waals surface area contributed by atoms with Crippen LogP contribution in [-0.4, -0.2) is 31.3 Å². The lowest BCUT2D eigenvalue weighted by Gasteiger charge is -2.14. The van der Waals surface area contributed by atoms with Crippen LogP contribution < -0.4 is 10.1 Å². The van der Waals surface area contributed by atoms with Crippen molar-refractivity contribution in [3.05, 3.63) is 40.3 Å². The van der Waals surface area contributed by atoms with Crippen molar-refractivity contribution >= 4 is 5.97 Å². The van der Waals surface area contributed by atoms with Gasteiger partial charge in [0.15, 0.2) is 0 Å². The van der Waals surface area contributed by atoms with E-state index >= 15 is 0 Å². The molecule has 0 saturated carbocycles. The summed E-state index contributed by atoms with van der Waals surface area (Å²) in [6.45, 7) is 0.489. The van der Waals surface area contributed by atoms with E-state index in [1.165, 1.54) is 7.11 Å². The number of benzene rings is 1. The molecule has 2 N–H and O–H groups in total. The zero-order chi connectivity index (χ0) is 13.4. The molecule has 18 heavy (non-hydrogen) atoms. The molecule has 0 aliphatic carbocycles. The third kappa shape index (κ3) is 3.97. The number of carbonyl (C=O) groups is 1. The first kappa shape index (κ1) is 13.8. The van der Waals surface area contributed by atoms with E-state index in [1.807, 2.05) is 0 Å². The van der Waals surface area contributed by atoms with E-state index < -0.39 is 12.0 Å². The van der Waals surface area contributed by atoms with E-state index in [1.54, 1.807) is 24.3 Å². The molecule has 0 spiro atoms. The summed E-state index contributed by atoms with van der Waals surface area (Å²) in [6.07, 6.45) is 0. The minimum Gasteiger partial charge on any atom is -0.497 e. The maximum absolute atomic E-state index is 11.2. The van der Waals surface area contributed by atoms with E-state index in [-0.39, 0.29) is 13.1 Å². The number of azide groups is 1. The highest BCUT2D eigenvalue weighted by atomic mass is 16.5. The molecule has 7 nitrogen and oxygen atoms in total. The summed E-state index contributed by atoms with van der Waals surface area (Å²) in [7, 11) is 1.52. The Bertz CT molecular complexity index is 457. The van der Waals surface area contributed by atoms with Crippen molar-refractivity contribution in [3.63, 3.8) is 0 Å². The summed E-state index contributed by atoms with van der Waals surface area (Å²) in [4.78, 5) is 13.8. The lowest BCUT2D eigenvalue weighted by Crippen LogP contribution is -2.30. The van der Waals surface area contributed by atoms with Crippen LogP contribution in [0.15, 0.2) is 29.4 Å². The van der Waals surface area contributed by atoms with Gasteiger partial charge in [0, 0.05) is 18.0 Å². The number of rotatable bonds is 7. The Morgan fingerprint density at radius 3 is 3.06 bits per heavy atom. The predicted molar refractivity (Wildman–Crippen MR) is 65.4 cm³/mol. The van der Waals surface area contributed by atoms with Crippen LogP contribution in [0, 0.1) is 0 Å². The third-order valence-corrected chi connectivity index (χ3v) is 2.30. The highest BCUT2D eigenvalue weighted by Crippen LogP contribution is 2.19. The highest BCUT2D eigenvalue weighted by Gasteiger charge is 2.18. The smallest absolute Gasteiger partial charge is 0.325 e. The van der Waals surface area contributed by atoms with Crippen molar-refractivity contribution in [3.8, 4) is 5.75 Å². The number of ether oxygens (including phenoxy) is 1. The van der Waals surface area contributed by atoms with Gasteiger partial charge in [-0.2, -0.15) is 0 Å². The van der Waals surface area contributed by atoms with Gasteiger partial charge in [-0.3, -0.25) is 4.79 Å². The van der Waals surface area contributed by atoms with E-state index in [0.717, 1.165) is 0 Å². The van der Waals surface area contributed by atoms with Gasteiger partial charge in [-0.1, -0.05) is 17.2 Å². The van der Waals surface area contributed by atoms with Gasteiger partial charge in [-0.15, -0.1) is 0 Å². The van der Waals surface area contributed by atoms with Gasteiger partial charge in [-0.25, -0.2) is 0 Å². The van der Waals surface area contributed by atoms with Crippen LogP contribution >= 0.6 is 0 Å². The number of carboxylic acid groups (broad SMARTS) is 1. The van der Waals surface area contributed by atoms with E-state index in [2.05, 4.69) is 15.3 Å². The molecule has 0 bridgehead atoms. The van der Waals surface area contributed by atoms with Crippen molar-refractivity contribution in [2.45, 2.75) is 6.04 Å². The fourth-order valence-electron chi connectivity index (χ4n) is 1.47. The third-order valence-electron chi connectivity index (χ3n) is 2.30. The first-order chi connectivity index (χ1) is 8.69. The SMILES string of the molecule is COc1cccc(C(NCCN=[N+]=[N-])C(=O)O)c1. The summed E-state index contributed by atoms with van der Waals surface area (Å²) in [6, 6.07) is 5.96. The zero-order valence-corrected chi connectivity index (χ0v) is 9.91. The molecule has 0 amide bonds. The number of hydrogen-bond acceptors (Lipinski definition) is 4. The number of aliphatic carboxylic acids is 1. The molecule has 0 aliphatic rings. The first-order valence-electron chi connectivity index (χ1n) is 5.30. The maximum Gasteiger partial charge on any atom is 0.325 e. The van der Waals surface area contributed by atoms with Gasteiger partial charge < -0.3 is 15.2 Å². The van der Waals surface area contributed by atoms with Crippen LogP contribution in [0.2, 0.25) is 0 Å². The number of carboxylic acids is 1. The Labute approximate surface area is 104 Å². The Morgan fingerprint density at radius 1 is 1.67 bits per heavy atom. The fourth-order valence-corrected chi connectivity index (χ4v) is 1.47. The Hall–Kier alpha value is -2.24. The molecule has 1 rings (SSSR count). The fraction of sp³-hybridized carbons (Fsp3) is 0.364. The molecule has 1 aromatic rings. The first-order valence-corrected chi connectivity index (χ1v) is 5.30. The van der Waals surface area contributed by atoms with Crippen LogP contribution in [0.1, 0.15) is 11.6 Å². The molecule has 0 heterocycles. The Morgan fingerprint density at radius 2 is 2.44 bits per heavy atom. The molecular formula is C11H14N4O3. The molecule has 0 radical (unpaired) electrons. The second-order valence-electron chi connectivity index (χ2n) is 3.46. The molecule has 1 aromatic carbocycles. The average molecular weight is 250 g/mol. The zero-order valence-electron chi connectivity index (χ0n) is 9.91. The van der Waals surface area contributed by atoms with Crippen molar-refractivity contribution in [1.29, 1.82) is 0 Å². The number of hydrogen-bond donors (Lipinski definition) is 2. The molecule has 0 aromatic heterocycles. The molecule has 1 unspecified atom stereocenters. The standard InChI is InChI=1S/C11H14N4O3/c1-18-9-4-2-3-8(7-9)10(11(16)17)13-5-6-14-15-12/h2-4,7,10,13H,5-6H2,1H3,(H,16,17). The summed E-state index contributed by atoms with van der Waals surface area (Å²) in [5, 5.41) is 15.3. The second kappa shape index (κ2) is 7.16. The molecule has 1 atom stereocenters. The second-order valence-corrected chi connectivity index (χ2v) is 3.46. The van der Waals surface area contributed by atoms with Crippen molar-refractivity contribution in [2.24, 2.45) is 5.11 Å². The normalized spacial score (nSPS) is 11.4. The van der Waals surface area contributed by atoms with Gasteiger partial charge in [0.25, 0.3) is 0 Å². The van der Waals surface area contributed by atoms with Crippen LogP contribution in [0.5, 0.6) is 5.75 Å². The topological polar surface area (TPSA) is 107 Å². The van der Waals surface area contributed by atoms with Crippen molar-refractivity contribution in [2.75, 3.05) is 20.2 Å². The van der Waals surface area contributed by atoms with E-state index in [4.69, 9.17) is 15.4 Å². The quantitative estimate of drug-likeness (QED) is 0.332. The van der Waals surface area contributed by atoms with Crippen molar-refractivity contribution < 1.29 is 14.6 Å². The largest absolute Gasteiger partial charge is 0.497 e. The average Bonchev–Trinajstić information content (AvgIpc) is 2.38. The summed E-state index contributed by atoms with van der Waals surface area (Å²) >= 11 is 0. The lowest BCUT2D eigenvalue weighted by molar-refractivity contribution is -0.139. The minimum absolute atomic E-state index is 0.199. The molecule has 0 aliphatic heterocycles. The number of nitrogens with one attached hydrogen (secondary N) is 1. The summed E-state index contributed by atoms with van der Waals surface area (Å²) < 4.78 is 5.04. The molecule has 0 fully saturated rings. The van der Waals surface area contributed by atoms with E-state index in [0.29, 0.717) is 11.3 Å². The maximum atomic E-state index is 11.2. The highest BCUT2D eigenvalue weighted by molar-refractivity contribution is 5.75. The van der Waals surface area contributed by atoms with Crippen LogP contribution in [-0.2, 0) is 4.79 Å². The summed E-state index contributed by atoms with van der Waals surface area (Å²) in [5.41, 5.74) is 8.71. The van der Waals surface area contributed by atoms with Crippen molar-refractivity contribution in [1.82, 2.24) is 5.32 Å². The predicted octanol–water partition coefficient (Wildman–Crippen LogP) is 1.72. The van der Waals surface area contributed by atoms with Crippen LogP contribution in [0.3, 0.4) is 0 Å². The number of nitrogens with zero attached hydrogens (tertiary/aromatic N) is 3. The van der Waals surface area contributed by atoms with Gasteiger partial charge in [0.1, 0.15) is 11.8 Å². The van der Waals surface area contributed by atoms with Crippen LogP contribution in [0.25, 0.3) is 10.4 Å². The molecule has 0 saturated heterocycles. The van der Waals surface area contributed by atoms with Gasteiger partial charge >= 0.3 is 5.97 Å². The Balaban J connectivity index is 2.76. The monoisotopic (exact) mass is 250 g/mol. The summed E-state index contributed by atoms with van der Waals surface area (Å²) in [5.74, 6) is -0.403. The van der Waals surface area contributed by atoms with Gasteiger partial charge in [0.2, 0.25) is 0 Å². The molecular weight excluding hydrogens is 236 g/mol. The lowest BCUT2D eigenvalue weighted by atomic mass is 10.1. The molecule has 96 valence electrons. The van der Waals surface area contributed by atoms with Crippen LogP contribution in [0.4, 0.5) is 0 Å². The molecule has 7 heteroatoms. The number of methoxy groups -OCH3 is 1. The minimum atomic E-state index is -0.996. The Kier molecular flexibility index (Phi) is 5.50.